The summed E-state index contributed by atoms with van der Waals surface area (Å²) in [6.45, 7) is 8.30. The van der Waals surface area contributed by atoms with Crippen molar-refractivity contribution in [3.05, 3.63) is 223 Å². The monoisotopic (exact) mass is 890 g/mol. The van der Waals surface area contributed by atoms with Crippen molar-refractivity contribution in [1.29, 1.82) is 0 Å². The van der Waals surface area contributed by atoms with Crippen LogP contribution in [-0.4, -0.2) is 17.6 Å². The predicted molar refractivity (Wildman–Crippen MR) is 292 cm³/mol. The number of para-hydroxylation sites is 3. The fraction of sp³-hybridized carbons (Fsp3) is 0.0938. The molecule has 2 aliphatic heterocycles. The summed E-state index contributed by atoms with van der Waals surface area (Å²) in [7, 11) is 0. The van der Waals surface area contributed by atoms with Crippen molar-refractivity contribution in [3.8, 4) is 33.8 Å². The Balaban J connectivity index is 0.963. The number of hydrogen-bond donors (Lipinski definition) is 1. The van der Waals surface area contributed by atoms with Crippen molar-refractivity contribution in [2.24, 2.45) is 0 Å². The lowest BCUT2D eigenvalue weighted by Gasteiger charge is -2.27. The van der Waals surface area contributed by atoms with Crippen molar-refractivity contribution in [2.45, 2.75) is 26.2 Å². The molecule has 0 fully saturated rings. The number of rotatable bonds is 6. The molecule has 0 atom stereocenters. The van der Waals surface area contributed by atoms with E-state index < -0.39 is 0 Å². The zero-order valence-corrected chi connectivity index (χ0v) is 38.9. The van der Waals surface area contributed by atoms with Crippen LogP contribution in [0.2, 0.25) is 0 Å². The van der Waals surface area contributed by atoms with Gasteiger partial charge in [0.05, 0.1) is 28.1 Å². The van der Waals surface area contributed by atoms with E-state index in [-0.39, 0.29) is 5.41 Å². The molecule has 0 unspecified atom stereocenters. The second-order valence-electron chi connectivity index (χ2n) is 19.3. The van der Waals surface area contributed by atoms with Gasteiger partial charge >= 0.3 is 0 Å². The number of fused-ring (bicyclic) bond motifs is 11. The fourth-order valence-corrected chi connectivity index (χ4v) is 10.9. The van der Waals surface area contributed by atoms with E-state index in [1.807, 2.05) is 0 Å². The van der Waals surface area contributed by atoms with Crippen LogP contribution in [0.15, 0.2) is 212 Å². The van der Waals surface area contributed by atoms with Crippen LogP contribution in [0.5, 0.6) is 11.5 Å². The molecule has 5 nitrogen and oxygen atoms in total. The number of aromatic nitrogens is 1. The van der Waals surface area contributed by atoms with Gasteiger partial charge in [0.25, 0.3) is 0 Å². The molecular formula is C64H50N4O. The highest BCUT2D eigenvalue weighted by Crippen LogP contribution is 2.51. The molecule has 4 heterocycles. The van der Waals surface area contributed by atoms with Crippen LogP contribution < -0.4 is 19.9 Å². The summed E-state index contributed by atoms with van der Waals surface area (Å²) >= 11 is 0. The van der Waals surface area contributed by atoms with Gasteiger partial charge in [-0.2, -0.15) is 0 Å². The fourth-order valence-electron chi connectivity index (χ4n) is 10.9. The molecular weight excluding hydrogens is 841 g/mol. The van der Waals surface area contributed by atoms with Crippen molar-refractivity contribution >= 4 is 83.4 Å². The molecule has 0 bridgehead atoms. The molecule has 2 aliphatic rings. The van der Waals surface area contributed by atoms with E-state index in [1.54, 1.807) is 0 Å². The van der Waals surface area contributed by atoms with Crippen LogP contribution >= 0.6 is 0 Å². The van der Waals surface area contributed by atoms with Gasteiger partial charge in [-0.1, -0.05) is 179 Å². The number of nitrogens with one attached hydrogen (secondary N) is 1. The van der Waals surface area contributed by atoms with Crippen LogP contribution in [0, 0.1) is 0 Å². The first-order chi connectivity index (χ1) is 33.9. The van der Waals surface area contributed by atoms with Crippen molar-refractivity contribution in [2.75, 3.05) is 28.3 Å². The quantitative estimate of drug-likeness (QED) is 0.180. The molecule has 0 amide bonds. The van der Waals surface area contributed by atoms with E-state index in [4.69, 9.17) is 4.74 Å². The largest absolute Gasteiger partial charge is 0.457 e. The Hall–Kier alpha value is -8.54. The summed E-state index contributed by atoms with van der Waals surface area (Å²) in [6, 6.07) is 74.8. The molecule has 332 valence electrons. The lowest BCUT2D eigenvalue weighted by Crippen LogP contribution is -2.24. The molecule has 1 N–H and O–H groups in total. The summed E-state index contributed by atoms with van der Waals surface area (Å²) in [5.74, 6) is 2.62. The second-order valence-corrected chi connectivity index (χ2v) is 19.3. The highest BCUT2D eigenvalue weighted by atomic mass is 16.5. The first-order valence-corrected chi connectivity index (χ1v) is 24.0. The van der Waals surface area contributed by atoms with Crippen molar-refractivity contribution in [1.82, 2.24) is 4.40 Å². The average Bonchev–Trinajstić information content (AvgIpc) is 3.95. The van der Waals surface area contributed by atoms with Crippen LogP contribution in [-0.2, 0) is 5.41 Å². The number of hydrogen-bond acceptors (Lipinski definition) is 4. The lowest BCUT2D eigenvalue weighted by molar-refractivity contribution is 0.483. The summed E-state index contributed by atoms with van der Waals surface area (Å²) in [5, 5.41) is 12.4. The third-order valence-electron chi connectivity index (χ3n) is 14.2. The first kappa shape index (κ1) is 40.7. The van der Waals surface area contributed by atoms with Gasteiger partial charge in [-0.15, -0.1) is 0 Å². The molecule has 5 heteroatoms. The maximum atomic E-state index is 6.99. The lowest BCUT2D eigenvalue weighted by atomic mass is 9.85. The normalized spacial score (nSPS) is 13.3. The van der Waals surface area contributed by atoms with Crippen LogP contribution in [0.3, 0.4) is 0 Å². The SMILES string of the molecule is CC(C)(C)c1cc2c3ccccc3c3ccccc3c3c(n4c5cc(Oc6cccc(N7CN(c8c(-c9ccccc9)cccc8-c8ccccc8)c8ccccc87)c6)ccc5c(c1)c24)NCC=C3. The van der Waals surface area contributed by atoms with Gasteiger partial charge in [0.2, 0.25) is 0 Å². The van der Waals surface area contributed by atoms with E-state index in [2.05, 4.69) is 259 Å². The Bertz CT molecular complexity index is 3840. The van der Waals surface area contributed by atoms with Gasteiger partial charge in [0.15, 0.2) is 0 Å². The molecule has 9 aromatic carbocycles. The minimum Gasteiger partial charge on any atom is -0.457 e. The molecule has 11 aromatic rings. The third-order valence-corrected chi connectivity index (χ3v) is 14.2. The van der Waals surface area contributed by atoms with E-state index in [1.165, 1.54) is 82.3 Å². The van der Waals surface area contributed by atoms with Crippen LogP contribution in [0.25, 0.3) is 77.1 Å². The topological polar surface area (TPSA) is 32.2 Å². The van der Waals surface area contributed by atoms with Gasteiger partial charge in [0, 0.05) is 57.2 Å². The zero-order chi connectivity index (χ0) is 46.2. The highest BCUT2D eigenvalue weighted by molar-refractivity contribution is 6.23. The van der Waals surface area contributed by atoms with Gasteiger partial charge < -0.3 is 19.9 Å². The maximum absolute atomic E-state index is 6.99. The van der Waals surface area contributed by atoms with E-state index in [0.717, 1.165) is 46.4 Å². The second kappa shape index (κ2) is 16.1. The number of anilines is 5. The van der Waals surface area contributed by atoms with Gasteiger partial charge in [0.1, 0.15) is 24.0 Å². The Morgan fingerprint density at radius 1 is 0.478 bits per heavy atom. The molecule has 69 heavy (non-hydrogen) atoms. The standard InChI is InChI=1S/C64H50N4O/c1-64(2,3)44-37-56-53-28-13-11-26-51(53)50-25-10-12-27-52(50)55-31-18-36-65-63(55)68-60-40-47(34-35-54(60)57(38-44)62(56)68)69-46-24-16-23-45(39-46)66-41-67(59-33-15-14-32-58(59)66)61-48(42-19-6-4-7-20-42)29-17-30-49(61)43-21-8-5-9-22-43/h4-35,37-40,65H,36,41H2,1-3H3. The zero-order valence-electron chi connectivity index (χ0n) is 38.9. The molecule has 0 aliphatic carbocycles. The highest BCUT2D eigenvalue weighted by Gasteiger charge is 2.31. The molecule has 0 saturated heterocycles. The van der Waals surface area contributed by atoms with Gasteiger partial charge in [-0.25, -0.2) is 0 Å². The average molecular weight is 891 g/mol. The summed E-state index contributed by atoms with van der Waals surface area (Å²) in [6.07, 6.45) is 4.53. The van der Waals surface area contributed by atoms with Gasteiger partial charge in [-0.05, 0) is 92.2 Å². The van der Waals surface area contributed by atoms with Crippen molar-refractivity contribution < 1.29 is 4.74 Å². The van der Waals surface area contributed by atoms with Gasteiger partial charge in [-0.3, -0.25) is 4.40 Å². The van der Waals surface area contributed by atoms with E-state index in [9.17, 15) is 0 Å². The number of nitrogens with zero attached hydrogens (tertiary/aromatic N) is 3. The van der Waals surface area contributed by atoms with E-state index >= 15 is 0 Å². The number of benzene rings is 9. The Kier molecular flexibility index (Phi) is 9.48. The summed E-state index contributed by atoms with van der Waals surface area (Å²) in [5.41, 5.74) is 14.0. The molecule has 0 spiro atoms. The summed E-state index contributed by atoms with van der Waals surface area (Å²) in [4.78, 5) is 4.88. The minimum atomic E-state index is -0.0724. The smallest absolute Gasteiger partial charge is 0.129 e. The molecule has 0 radical (unpaired) electrons. The summed E-state index contributed by atoms with van der Waals surface area (Å²) < 4.78 is 9.46. The van der Waals surface area contributed by atoms with Crippen LogP contribution in [0.4, 0.5) is 28.6 Å². The predicted octanol–water partition coefficient (Wildman–Crippen LogP) is 17.2. The van der Waals surface area contributed by atoms with Crippen LogP contribution in [0.1, 0.15) is 31.9 Å². The minimum absolute atomic E-state index is 0.0724. The number of ether oxygens (including phenoxy) is 1. The van der Waals surface area contributed by atoms with E-state index in [0.29, 0.717) is 6.67 Å². The molecule has 0 saturated carbocycles. The third kappa shape index (κ3) is 6.76. The Morgan fingerprint density at radius 2 is 1.04 bits per heavy atom. The molecule has 13 rings (SSSR count). The first-order valence-electron chi connectivity index (χ1n) is 24.0. The Labute approximate surface area is 402 Å². The molecule has 2 aromatic heterocycles. The Morgan fingerprint density at radius 3 is 1.72 bits per heavy atom. The van der Waals surface area contributed by atoms with Crippen molar-refractivity contribution in [3.63, 3.8) is 0 Å². The maximum Gasteiger partial charge on any atom is 0.129 e.